The normalized spacial score (nSPS) is 13.0. The highest BCUT2D eigenvalue weighted by Crippen LogP contribution is 2.33. The van der Waals surface area contributed by atoms with Gasteiger partial charge in [0.2, 0.25) is 5.91 Å². The van der Waals surface area contributed by atoms with Crippen LogP contribution in [0.3, 0.4) is 0 Å². The minimum atomic E-state index is -1.10. The summed E-state index contributed by atoms with van der Waals surface area (Å²) in [5.41, 5.74) is 10.7. The van der Waals surface area contributed by atoms with Gasteiger partial charge in [0.15, 0.2) is 0 Å². The van der Waals surface area contributed by atoms with Crippen LogP contribution in [0.2, 0.25) is 0 Å². The molecule has 2 atom stereocenters. The molecule has 0 aliphatic rings. The second-order valence-corrected chi connectivity index (χ2v) is 10.7. The van der Waals surface area contributed by atoms with Crippen LogP contribution in [0.5, 0.6) is 0 Å². The topological polar surface area (TPSA) is 71.5 Å². The van der Waals surface area contributed by atoms with Gasteiger partial charge in [-0.1, -0.05) is 49.4 Å². The number of aromatic nitrogens is 1. The predicted molar refractivity (Wildman–Crippen MR) is 154 cm³/mol. The summed E-state index contributed by atoms with van der Waals surface area (Å²) >= 11 is 1.61. The quantitative estimate of drug-likeness (QED) is 0.250. The molecule has 0 spiro atoms. The fraction of sp³-hybridized carbons (Fsp3) is 0.323. The molecule has 8 heteroatoms. The van der Waals surface area contributed by atoms with Gasteiger partial charge in [-0.3, -0.25) is 4.79 Å². The Morgan fingerprint density at radius 3 is 2.41 bits per heavy atom. The van der Waals surface area contributed by atoms with Crippen molar-refractivity contribution in [1.82, 2.24) is 9.47 Å². The van der Waals surface area contributed by atoms with Crippen LogP contribution in [0.15, 0.2) is 71.6 Å². The van der Waals surface area contributed by atoms with E-state index in [1.54, 1.807) is 16.7 Å². The number of fused-ring (bicyclic) bond motifs is 1. The molecular formula is C31H35F2N3O2S. The van der Waals surface area contributed by atoms with E-state index in [2.05, 4.69) is 23.6 Å². The highest BCUT2D eigenvalue weighted by molar-refractivity contribution is 7.98. The van der Waals surface area contributed by atoms with Crippen LogP contribution in [0.25, 0.3) is 10.9 Å². The molecule has 4 rings (SSSR count). The zero-order valence-electron chi connectivity index (χ0n) is 22.5. The number of hydrogen-bond donors (Lipinski definition) is 2. The number of hydrogen-bond acceptors (Lipinski definition) is 4. The van der Waals surface area contributed by atoms with Crippen LogP contribution in [-0.4, -0.2) is 45.4 Å². The van der Waals surface area contributed by atoms with Gasteiger partial charge in [0.25, 0.3) is 0 Å². The minimum absolute atomic E-state index is 0.00725. The molecule has 39 heavy (non-hydrogen) atoms. The Balaban J connectivity index is 1.59. The Morgan fingerprint density at radius 2 is 1.72 bits per heavy atom. The van der Waals surface area contributed by atoms with Crippen molar-refractivity contribution in [2.45, 2.75) is 49.8 Å². The van der Waals surface area contributed by atoms with Gasteiger partial charge in [-0.2, -0.15) is 0 Å². The van der Waals surface area contributed by atoms with Crippen molar-refractivity contribution in [2.24, 2.45) is 12.8 Å². The third kappa shape index (κ3) is 6.87. The van der Waals surface area contributed by atoms with Crippen molar-refractivity contribution in [2.75, 3.05) is 12.8 Å². The maximum Gasteiger partial charge on any atom is 0.228 e. The van der Waals surface area contributed by atoms with Gasteiger partial charge in [-0.15, -0.1) is 11.8 Å². The summed E-state index contributed by atoms with van der Waals surface area (Å²) in [6.07, 6.45) is 2.01. The number of amides is 1. The fourth-order valence-electron chi connectivity index (χ4n) is 5.01. The first-order valence-corrected chi connectivity index (χ1v) is 14.3. The molecule has 5 nitrogen and oxygen atoms in total. The minimum Gasteiger partial charge on any atom is -0.390 e. The van der Waals surface area contributed by atoms with E-state index in [0.29, 0.717) is 12.1 Å². The van der Waals surface area contributed by atoms with Crippen molar-refractivity contribution in [1.29, 1.82) is 0 Å². The summed E-state index contributed by atoms with van der Waals surface area (Å²) in [5, 5.41) is 12.1. The highest BCUT2D eigenvalue weighted by Gasteiger charge is 2.25. The first-order chi connectivity index (χ1) is 18.7. The summed E-state index contributed by atoms with van der Waals surface area (Å²) in [4.78, 5) is 16.5. The lowest BCUT2D eigenvalue weighted by Gasteiger charge is -2.29. The molecule has 0 radical (unpaired) electrons. The number of aliphatic hydroxyl groups excluding tert-OH is 1. The number of benzene rings is 3. The SMILES string of the molecule is CCc1cccc(CN(CC(O)C(N)Cc2cc(F)cc(F)c2)C(=O)Cc2c(SC)c3ccccc3n2C)c1. The first-order valence-electron chi connectivity index (χ1n) is 13.0. The Kier molecular flexibility index (Phi) is 9.43. The molecule has 0 saturated carbocycles. The number of nitrogens with zero attached hydrogens (tertiary/aromatic N) is 2. The van der Waals surface area contributed by atoms with Gasteiger partial charge in [0.05, 0.1) is 12.5 Å². The van der Waals surface area contributed by atoms with E-state index in [1.165, 1.54) is 12.1 Å². The van der Waals surface area contributed by atoms with Crippen molar-refractivity contribution < 1.29 is 18.7 Å². The van der Waals surface area contributed by atoms with E-state index in [9.17, 15) is 18.7 Å². The Labute approximate surface area is 232 Å². The van der Waals surface area contributed by atoms with Crippen LogP contribution >= 0.6 is 11.8 Å². The van der Waals surface area contributed by atoms with Gasteiger partial charge in [-0.05, 0) is 54.0 Å². The molecule has 0 saturated heterocycles. The van der Waals surface area contributed by atoms with E-state index in [0.717, 1.165) is 45.1 Å². The van der Waals surface area contributed by atoms with Crippen LogP contribution in [0, 0.1) is 11.6 Å². The average Bonchev–Trinajstić information content (AvgIpc) is 3.18. The number of nitrogens with two attached hydrogens (primary N) is 1. The van der Waals surface area contributed by atoms with E-state index in [-0.39, 0.29) is 25.3 Å². The van der Waals surface area contributed by atoms with Crippen molar-refractivity contribution in [3.8, 4) is 0 Å². The second-order valence-electron chi connectivity index (χ2n) is 9.89. The second kappa shape index (κ2) is 12.8. The number of halogens is 2. The van der Waals surface area contributed by atoms with E-state index in [1.807, 2.05) is 49.7 Å². The van der Waals surface area contributed by atoms with Gasteiger partial charge < -0.3 is 20.3 Å². The zero-order valence-corrected chi connectivity index (χ0v) is 23.3. The first kappa shape index (κ1) is 28.8. The van der Waals surface area contributed by atoms with Crippen molar-refractivity contribution >= 4 is 28.6 Å². The molecule has 0 fully saturated rings. The van der Waals surface area contributed by atoms with Gasteiger partial charge >= 0.3 is 0 Å². The molecule has 4 aromatic rings. The van der Waals surface area contributed by atoms with Crippen molar-refractivity contribution in [3.63, 3.8) is 0 Å². The molecule has 206 valence electrons. The Morgan fingerprint density at radius 1 is 1.03 bits per heavy atom. The lowest BCUT2D eigenvalue weighted by atomic mass is 10.0. The molecule has 1 heterocycles. The van der Waals surface area contributed by atoms with Crippen molar-refractivity contribution in [3.05, 3.63) is 101 Å². The molecule has 1 amide bonds. The number of carbonyl (C=O) groups excluding carboxylic acids is 1. The predicted octanol–water partition coefficient (Wildman–Crippen LogP) is 5.24. The van der Waals surface area contributed by atoms with Crippen LogP contribution < -0.4 is 5.73 Å². The molecule has 1 aromatic heterocycles. The molecule has 0 aliphatic carbocycles. The lowest BCUT2D eigenvalue weighted by molar-refractivity contribution is -0.132. The number of aliphatic hydroxyl groups is 1. The summed E-state index contributed by atoms with van der Waals surface area (Å²) in [6, 6.07) is 18.5. The molecule has 3 N–H and O–H groups in total. The summed E-state index contributed by atoms with van der Waals surface area (Å²) < 4.78 is 29.4. The third-order valence-electron chi connectivity index (χ3n) is 7.12. The highest BCUT2D eigenvalue weighted by atomic mass is 32.2. The Hall–Kier alpha value is -3.20. The van der Waals surface area contributed by atoms with Crippen LogP contribution in [-0.2, 0) is 37.6 Å². The molecule has 0 bridgehead atoms. The summed E-state index contributed by atoms with van der Waals surface area (Å²) in [7, 11) is 1.96. The van der Waals surface area contributed by atoms with Gasteiger partial charge in [-0.25, -0.2) is 8.78 Å². The van der Waals surface area contributed by atoms with Crippen LogP contribution in [0.4, 0.5) is 8.78 Å². The fourth-order valence-corrected chi connectivity index (χ4v) is 5.85. The number of para-hydroxylation sites is 1. The maximum atomic E-state index is 13.8. The smallest absolute Gasteiger partial charge is 0.228 e. The zero-order chi connectivity index (χ0) is 28.1. The van der Waals surface area contributed by atoms with Crippen LogP contribution in [0.1, 0.15) is 29.3 Å². The number of carbonyl (C=O) groups is 1. The number of rotatable bonds is 11. The van der Waals surface area contributed by atoms with Gasteiger partial charge in [0, 0.05) is 53.7 Å². The molecule has 2 unspecified atom stereocenters. The standard InChI is InChI=1S/C31H35F2N3O2S/c1-4-20-8-7-9-21(12-20)18-36(19-29(37)26(34)15-22-13-23(32)16-24(33)14-22)30(38)17-28-31(39-3)25-10-5-6-11-27(25)35(28)2/h5-14,16,26,29,37H,4,15,17-19,34H2,1-3H3. The largest absolute Gasteiger partial charge is 0.390 e. The van der Waals surface area contributed by atoms with E-state index >= 15 is 0 Å². The summed E-state index contributed by atoms with van der Waals surface area (Å²) in [5.74, 6) is -1.53. The molecular weight excluding hydrogens is 516 g/mol. The van der Waals surface area contributed by atoms with E-state index in [4.69, 9.17) is 5.73 Å². The summed E-state index contributed by atoms with van der Waals surface area (Å²) in [6.45, 7) is 2.38. The molecule has 3 aromatic carbocycles. The monoisotopic (exact) mass is 551 g/mol. The van der Waals surface area contributed by atoms with Gasteiger partial charge in [0.1, 0.15) is 11.6 Å². The number of aryl methyl sites for hydroxylation is 2. The molecule has 0 aliphatic heterocycles. The Bertz CT molecular complexity index is 1440. The van der Waals surface area contributed by atoms with E-state index < -0.39 is 23.8 Å². The number of thioether (sulfide) groups is 1. The third-order valence-corrected chi connectivity index (χ3v) is 7.98. The maximum absolute atomic E-state index is 13.8. The average molecular weight is 552 g/mol. The lowest BCUT2D eigenvalue weighted by Crippen LogP contribution is -2.46.